The lowest BCUT2D eigenvalue weighted by Crippen LogP contribution is -2.16. The highest BCUT2D eigenvalue weighted by Gasteiger charge is 2.23. The molecule has 0 saturated carbocycles. The number of amides is 1. The van der Waals surface area contributed by atoms with E-state index in [1.54, 1.807) is 29.5 Å². The van der Waals surface area contributed by atoms with Crippen LogP contribution in [0.2, 0.25) is 0 Å². The fraction of sp³-hybridized carbons (Fsp3) is 0.333. The largest absolute Gasteiger partial charge is 0.322 e. The summed E-state index contributed by atoms with van der Waals surface area (Å²) in [5.41, 5.74) is 3.28. The van der Waals surface area contributed by atoms with Gasteiger partial charge in [-0.3, -0.25) is 9.59 Å². The molecule has 0 saturated heterocycles. The first kappa shape index (κ1) is 15.0. The van der Waals surface area contributed by atoms with Crippen molar-refractivity contribution in [3.63, 3.8) is 0 Å². The Morgan fingerprint density at radius 2 is 2.14 bits per heavy atom. The van der Waals surface area contributed by atoms with Crippen molar-refractivity contribution in [1.82, 2.24) is 0 Å². The number of hydrogen-bond acceptors (Lipinski definition) is 3. The number of fused-ring (bicyclic) bond motifs is 1. The maximum absolute atomic E-state index is 12.5. The molecule has 114 valence electrons. The van der Waals surface area contributed by atoms with Crippen LogP contribution in [0.5, 0.6) is 0 Å². The first-order valence-electron chi connectivity index (χ1n) is 7.56. The summed E-state index contributed by atoms with van der Waals surface area (Å²) in [6.45, 7) is 3.78. The van der Waals surface area contributed by atoms with Crippen LogP contribution in [0.1, 0.15) is 51.4 Å². The summed E-state index contributed by atoms with van der Waals surface area (Å²) in [5.74, 6) is 0.625. The van der Waals surface area contributed by atoms with Gasteiger partial charge in [-0.25, -0.2) is 0 Å². The quantitative estimate of drug-likeness (QED) is 0.857. The normalized spacial score (nSPS) is 16.9. The monoisotopic (exact) mass is 313 g/mol. The molecule has 1 aliphatic rings. The Kier molecular flexibility index (Phi) is 4.12. The van der Waals surface area contributed by atoms with E-state index < -0.39 is 0 Å². The summed E-state index contributed by atoms with van der Waals surface area (Å²) in [6.07, 6.45) is 3.20. The van der Waals surface area contributed by atoms with Crippen LogP contribution in [0.15, 0.2) is 29.6 Å². The fourth-order valence-corrected chi connectivity index (χ4v) is 4.13. The van der Waals surface area contributed by atoms with Gasteiger partial charge in [-0.2, -0.15) is 0 Å². The smallest absolute Gasteiger partial charge is 0.256 e. The van der Waals surface area contributed by atoms with Crippen molar-refractivity contribution in [3.8, 4) is 0 Å². The van der Waals surface area contributed by atoms with E-state index in [0.29, 0.717) is 17.2 Å². The molecule has 1 aliphatic carbocycles. The Labute approximate surface area is 134 Å². The number of nitrogens with one attached hydrogen (secondary N) is 1. The van der Waals surface area contributed by atoms with Crippen molar-refractivity contribution >= 4 is 28.7 Å². The van der Waals surface area contributed by atoms with E-state index >= 15 is 0 Å². The van der Waals surface area contributed by atoms with Gasteiger partial charge in [-0.15, -0.1) is 11.3 Å². The van der Waals surface area contributed by atoms with E-state index in [4.69, 9.17) is 0 Å². The van der Waals surface area contributed by atoms with Crippen molar-refractivity contribution in [1.29, 1.82) is 0 Å². The van der Waals surface area contributed by atoms with Crippen LogP contribution in [0.25, 0.3) is 0 Å². The van der Waals surface area contributed by atoms with Gasteiger partial charge in [0.25, 0.3) is 5.91 Å². The molecule has 0 bridgehead atoms. The Hall–Kier alpha value is -1.94. The third-order valence-electron chi connectivity index (χ3n) is 4.17. The van der Waals surface area contributed by atoms with Crippen LogP contribution in [0.4, 0.5) is 5.69 Å². The van der Waals surface area contributed by atoms with Crippen LogP contribution >= 0.6 is 11.3 Å². The average Bonchev–Trinajstić information content (AvgIpc) is 2.90. The van der Waals surface area contributed by atoms with E-state index in [0.717, 1.165) is 24.8 Å². The molecule has 1 aromatic carbocycles. The number of hydrogen-bond donors (Lipinski definition) is 1. The second-order valence-corrected chi connectivity index (χ2v) is 6.95. The average molecular weight is 313 g/mol. The molecule has 1 heterocycles. The zero-order valence-corrected chi connectivity index (χ0v) is 13.6. The van der Waals surface area contributed by atoms with E-state index in [1.807, 2.05) is 11.4 Å². The standard InChI is InChI=1S/C18H19NO2S/c1-11-6-7-15-16(10-22-17(15)8-11)18(21)19-14-5-3-4-13(9-14)12(2)20/h3-5,9-11H,6-8H2,1-2H3,(H,19,21)/t11-/m1/s1. The zero-order valence-electron chi connectivity index (χ0n) is 12.8. The Morgan fingerprint density at radius 3 is 2.91 bits per heavy atom. The molecule has 0 spiro atoms. The van der Waals surface area contributed by atoms with Crippen LogP contribution in [0.3, 0.4) is 0 Å². The Bertz CT molecular complexity index is 732. The lowest BCUT2D eigenvalue weighted by Gasteiger charge is -2.18. The molecule has 3 nitrogen and oxygen atoms in total. The van der Waals surface area contributed by atoms with Gasteiger partial charge in [0.1, 0.15) is 0 Å². The number of Topliss-reactive ketones (excluding diaryl/α,β-unsaturated/α-hetero) is 1. The van der Waals surface area contributed by atoms with Crippen molar-refractivity contribution < 1.29 is 9.59 Å². The lowest BCUT2D eigenvalue weighted by molar-refractivity contribution is 0.101. The van der Waals surface area contributed by atoms with Crippen molar-refractivity contribution in [2.24, 2.45) is 5.92 Å². The van der Waals surface area contributed by atoms with Gasteiger partial charge in [0.2, 0.25) is 0 Å². The molecule has 0 radical (unpaired) electrons. The molecule has 0 fully saturated rings. The lowest BCUT2D eigenvalue weighted by atomic mass is 9.88. The van der Waals surface area contributed by atoms with E-state index in [-0.39, 0.29) is 11.7 Å². The first-order chi connectivity index (χ1) is 10.5. The van der Waals surface area contributed by atoms with Crippen molar-refractivity contribution in [2.75, 3.05) is 5.32 Å². The van der Waals surface area contributed by atoms with Gasteiger partial charge in [-0.1, -0.05) is 19.1 Å². The molecule has 1 atom stereocenters. The molecule has 1 N–H and O–H groups in total. The minimum Gasteiger partial charge on any atom is -0.322 e. The third-order valence-corrected chi connectivity index (χ3v) is 5.22. The summed E-state index contributed by atoms with van der Waals surface area (Å²) < 4.78 is 0. The molecule has 1 aromatic heterocycles. The fourth-order valence-electron chi connectivity index (χ4n) is 2.88. The highest BCUT2D eigenvalue weighted by molar-refractivity contribution is 7.10. The number of ketones is 1. The molecule has 0 aliphatic heterocycles. The van der Waals surface area contributed by atoms with Gasteiger partial charge in [0.15, 0.2) is 5.78 Å². The number of thiophene rings is 1. The van der Waals surface area contributed by atoms with Gasteiger partial charge in [-0.05, 0) is 49.8 Å². The molecular formula is C18H19NO2S. The van der Waals surface area contributed by atoms with Crippen molar-refractivity contribution in [2.45, 2.75) is 33.1 Å². The van der Waals surface area contributed by atoms with Gasteiger partial charge < -0.3 is 5.32 Å². The molecule has 22 heavy (non-hydrogen) atoms. The number of carbonyl (C=O) groups excluding carboxylic acids is 2. The van der Waals surface area contributed by atoms with E-state index in [9.17, 15) is 9.59 Å². The molecular weight excluding hydrogens is 294 g/mol. The maximum Gasteiger partial charge on any atom is 0.256 e. The maximum atomic E-state index is 12.5. The van der Waals surface area contributed by atoms with Crippen LogP contribution in [-0.2, 0) is 12.8 Å². The SMILES string of the molecule is CC(=O)c1cccc(NC(=O)c2csc3c2CC[C@@H](C)C3)c1. The predicted molar refractivity (Wildman–Crippen MR) is 89.9 cm³/mol. The van der Waals surface area contributed by atoms with Crippen molar-refractivity contribution in [3.05, 3.63) is 51.2 Å². The summed E-state index contributed by atoms with van der Waals surface area (Å²) in [7, 11) is 0. The van der Waals surface area contributed by atoms with E-state index in [2.05, 4.69) is 12.2 Å². The number of rotatable bonds is 3. The molecule has 3 rings (SSSR count). The van der Waals surface area contributed by atoms with Gasteiger partial charge in [0.05, 0.1) is 5.56 Å². The highest BCUT2D eigenvalue weighted by atomic mass is 32.1. The zero-order chi connectivity index (χ0) is 15.7. The molecule has 2 aromatic rings. The summed E-state index contributed by atoms with van der Waals surface area (Å²) in [4.78, 5) is 25.3. The molecule has 4 heteroatoms. The minimum atomic E-state index is -0.0762. The summed E-state index contributed by atoms with van der Waals surface area (Å²) >= 11 is 1.69. The third kappa shape index (κ3) is 2.97. The second-order valence-electron chi connectivity index (χ2n) is 5.99. The van der Waals surface area contributed by atoms with E-state index in [1.165, 1.54) is 17.4 Å². The predicted octanol–water partition coefficient (Wildman–Crippen LogP) is 4.33. The Balaban J connectivity index is 1.81. The minimum absolute atomic E-state index is 0.00185. The molecule has 1 amide bonds. The summed E-state index contributed by atoms with van der Waals surface area (Å²) in [5, 5.41) is 4.88. The highest BCUT2D eigenvalue weighted by Crippen LogP contribution is 2.33. The topological polar surface area (TPSA) is 46.2 Å². The van der Waals surface area contributed by atoms with Crippen LogP contribution < -0.4 is 5.32 Å². The number of anilines is 1. The van der Waals surface area contributed by atoms with Gasteiger partial charge >= 0.3 is 0 Å². The number of benzene rings is 1. The van der Waals surface area contributed by atoms with Crippen LogP contribution in [-0.4, -0.2) is 11.7 Å². The Morgan fingerprint density at radius 1 is 1.32 bits per heavy atom. The second kappa shape index (κ2) is 6.05. The van der Waals surface area contributed by atoms with Gasteiger partial charge in [0, 0.05) is 21.5 Å². The molecule has 0 unspecified atom stereocenters. The summed E-state index contributed by atoms with van der Waals surface area (Å²) in [6, 6.07) is 7.08. The number of carbonyl (C=O) groups is 2. The first-order valence-corrected chi connectivity index (χ1v) is 8.44. The van der Waals surface area contributed by atoms with Crippen LogP contribution in [0, 0.1) is 5.92 Å².